The molecule has 0 fully saturated rings. The summed E-state index contributed by atoms with van der Waals surface area (Å²) in [7, 11) is 3.53. The maximum atomic E-state index is 12.2. The average molecular weight is 436 g/mol. The first-order valence-corrected chi connectivity index (χ1v) is 11.3. The topological polar surface area (TPSA) is 69.6 Å². The Balaban J connectivity index is 1.57. The first kappa shape index (κ1) is 22.5. The second-order valence-electron chi connectivity index (χ2n) is 7.26. The van der Waals surface area contributed by atoms with Crippen LogP contribution in [0.25, 0.3) is 11.3 Å². The quantitative estimate of drug-likeness (QED) is 0.417. The van der Waals surface area contributed by atoms with Crippen molar-refractivity contribution in [1.82, 2.24) is 20.5 Å². The van der Waals surface area contributed by atoms with Crippen molar-refractivity contribution in [3.8, 4) is 11.3 Å². The lowest BCUT2D eigenvalue weighted by atomic mass is 10.1. The normalized spacial score (nSPS) is 11.3. The van der Waals surface area contributed by atoms with E-state index in [0.717, 1.165) is 47.3 Å². The van der Waals surface area contributed by atoms with Gasteiger partial charge in [0.25, 0.3) is 5.91 Å². The summed E-state index contributed by atoms with van der Waals surface area (Å²) < 4.78 is 0. The number of aromatic nitrogens is 1. The van der Waals surface area contributed by atoms with Gasteiger partial charge in [-0.15, -0.1) is 11.3 Å². The number of thiazole rings is 1. The minimum Gasteiger partial charge on any atom is -0.357 e. The Morgan fingerprint density at radius 2 is 1.90 bits per heavy atom. The van der Waals surface area contributed by atoms with Crippen LogP contribution in [0.2, 0.25) is 0 Å². The summed E-state index contributed by atoms with van der Waals surface area (Å²) >= 11 is 1.62. The van der Waals surface area contributed by atoms with E-state index in [0.29, 0.717) is 12.1 Å². The molecular weight excluding hydrogens is 406 g/mol. The van der Waals surface area contributed by atoms with Crippen LogP contribution in [0.3, 0.4) is 0 Å². The predicted molar refractivity (Wildman–Crippen MR) is 129 cm³/mol. The molecule has 0 radical (unpaired) electrons. The van der Waals surface area contributed by atoms with Crippen LogP contribution in [0, 0.1) is 0 Å². The Morgan fingerprint density at radius 1 is 1.10 bits per heavy atom. The Morgan fingerprint density at radius 3 is 2.65 bits per heavy atom. The highest BCUT2D eigenvalue weighted by Crippen LogP contribution is 2.21. The molecular formula is C24H29N5OS. The van der Waals surface area contributed by atoms with Crippen molar-refractivity contribution < 1.29 is 4.79 Å². The van der Waals surface area contributed by atoms with Crippen LogP contribution in [0.1, 0.15) is 27.9 Å². The molecule has 0 saturated heterocycles. The highest BCUT2D eigenvalue weighted by Gasteiger charge is 2.08. The van der Waals surface area contributed by atoms with Gasteiger partial charge < -0.3 is 15.5 Å². The molecule has 0 saturated carbocycles. The summed E-state index contributed by atoms with van der Waals surface area (Å²) in [6.45, 7) is 4.08. The summed E-state index contributed by atoms with van der Waals surface area (Å²) in [5.41, 5.74) is 3.93. The molecule has 0 spiro atoms. The molecule has 2 aromatic carbocycles. The number of nitrogens with one attached hydrogen (secondary N) is 2. The summed E-state index contributed by atoms with van der Waals surface area (Å²) in [6.07, 6.45) is 0.800. The third-order valence-electron chi connectivity index (χ3n) is 4.62. The van der Waals surface area contributed by atoms with Gasteiger partial charge in [-0.2, -0.15) is 0 Å². The second kappa shape index (κ2) is 11.3. The number of aliphatic imine (C=N–C) groups is 1. The number of hydrogen-bond acceptors (Lipinski definition) is 4. The Labute approximate surface area is 188 Å². The average Bonchev–Trinajstić information content (AvgIpc) is 3.27. The highest BCUT2D eigenvalue weighted by molar-refractivity contribution is 7.09. The standard InChI is InChI=1S/C24H29N5OS/c1-4-25-24(26-14-13-18-9-8-12-20(15-18)23(30)29(2)3)27-16-22-28-21(17-31-22)19-10-6-5-7-11-19/h5-12,15,17H,4,13-14,16H2,1-3H3,(H2,25,26,27). The van der Waals surface area contributed by atoms with Crippen molar-refractivity contribution in [2.45, 2.75) is 19.9 Å². The zero-order valence-corrected chi connectivity index (χ0v) is 19.1. The van der Waals surface area contributed by atoms with Gasteiger partial charge in [0.15, 0.2) is 5.96 Å². The molecule has 0 unspecified atom stereocenters. The molecule has 1 aromatic heterocycles. The zero-order valence-electron chi connectivity index (χ0n) is 18.3. The van der Waals surface area contributed by atoms with E-state index in [1.54, 1.807) is 30.3 Å². The van der Waals surface area contributed by atoms with Crippen molar-refractivity contribution in [3.63, 3.8) is 0 Å². The van der Waals surface area contributed by atoms with Gasteiger partial charge in [0.05, 0.1) is 12.2 Å². The molecule has 0 bridgehead atoms. The van der Waals surface area contributed by atoms with Gasteiger partial charge >= 0.3 is 0 Å². The van der Waals surface area contributed by atoms with E-state index >= 15 is 0 Å². The molecule has 0 atom stereocenters. The minimum absolute atomic E-state index is 0.0167. The summed E-state index contributed by atoms with van der Waals surface area (Å²) in [5, 5.41) is 9.70. The monoisotopic (exact) mass is 435 g/mol. The maximum Gasteiger partial charge on any atom is 0.253 e. The number of carbonyl (C=O) groups is 1. The number of benzene rings is 2. The Hall–Kier alpha value is -3.19. The zero-order chi connectivity index (χ0) is 22.1. The van der Waals surface area contributed by atoms with E-state index in [2.05, 4.69) is 33.1 Å². The third kappa shape index (κ3) is 6.65. The van der Waals surface area contributed by atoms with Crippen LogP contribution in [0.4, 0.5) is 0 Å². The number of guanidine groups is 1. The van der Waals surface area contributed by atoms with Crippen LogP contribution in [0.15, 0.2) is 65.0 Å². The lowest BCUT2D eigenvalue weighted by Gasteiger charge is -2.13. The molecule has 7 heteroatoms. The molecule has 2 N–H and O–H groups in total. The molecule has 3 aromatic rings. The Bertz CT molecular complexity index is 1010. The first-order chi connectivity index (χ1) is 15.1. The maximum absolute atomic E-state index is 12.2. The van der Waals surface area contributed by atoms with E-state index in [9.17, 15) is 4.79 Å². The van der Waals surface area contributed by atoms with Crippen molar-refractivity contribution in [2.24, 2.45) is 4.99 Å². The van der Waals surface area contributed by atoms with Crippen molar-refractivity contribution >= 4 is 23.2 Å². The summed E-state index contributed by atoms with van der Waals surface area (Å²) in [4.78, 5) is 23.1. The number of carbonyl (C=O) groups excluding carboxylic acids is 1. The van der Waals surface area contributed by atoms with Gasteiger partial charge in [-0.05, 0) is 31.0 Å². The molecule has 6 nitrogen and oxygen atoms in total. The summed E-state index contributed by atoms with van der Waals surface area (Å²) in [6, 6.07) is 17.9. The van der Waals surface area contributed by atoms with E-state index in [-0.39, 0.29) is 5.91 Å². The van der Waals surface area contributed by atoms with E-state index in [1.165, 1.54) is 0 Å². The van der Waals surface area contributed by atoms with E-state index in [4.69, 9.17) is 4.98 Å². The van der Waals surface area contributed by atoms with Crippen LogP contribution in [0.5, 0.6) is 0 Å². The lowest BCUT2D eigenvalue weighted by molar-refractivity contribution is 0.0827. The number of amides is 1. The largest absolute Gasteiger partial charge is 0.357 e. The fraction of sp³-hybridized carbons (Fsp3) is 0.292. The van der Waals surface area contributed by atoms with Gasteiger partial charge in [0, 0.05) is 43.7 Å². The van der Waals surface area contributed by atoms with Gasteiger partial charge in [-0.3, -0.25) is 4.79 Å². The predicted octanol–water partition coefficient (Wildman–Crippen LogP) is 3.81. The molecule has 162 valence electrons. The molecule has 1 amide bonds. The third-order valence-corrected chi connectivity index (χ3v) is 5.46. The fourth-order valence-corrected chi connectivity index (χ4v) is 3.78. The molecule has 0 aliphatic carbocycles. The molecule has 31 heavy (non-hydrogen) atoms. The first-order valence-electron chi connectivity index (χ1n) is 10.4. The van der Waals surface area contributed by atoms with Crippen LogP contribution >= 0.6 is 11.3 Å². The fourth-order valence-electron chi connectivity index (χ4n) is 3.06. The number of hydrogen-bond donors (Lipinski definition) is 2. The van der Waals surface area contributed by atoms with Crippen LogP contribution in [-0.4, -0.2) is 48.9 Å². The van der Waals surface area contributed by atoms with Gasteiger partial charge in [-0.25, -0.2) is 9.98 Å². The van der Waals surface area contributed by atoms with Gasteiger partial charge in [0.1, 0.15) is 5.01 Å². The smallest absolute Gasteiger partial charge is 0.253 e. The van der Waals surface area contributed by atoms with Crippen LogP contribution in [-0.2, 0) is 13.0 Å². The molecule has 0 aliphatic heterocycles. The van der Waals surface area contributed by atoms with Gasteiger partial charge in [-0.1, -0.05) is 42.5 Å². The van der Waals surface area contributed by atoms with Crippen molar-refractivity contribution in [3.05, 3.63) is 76.1 Å². The minimum atomic E-state index is 0.0167. The van der Waals surface area contributed by atoms with Crippen LogP contribution < -0.4 is 10.6 Å². The van der Waals surface area contributed by atoms with E-state index < -0.39 is 0 Å². The second-order valence-corrected chi connectivity index (χ2v) is 8.21. The number of rotatable bonds is 8. The molecule has 1 heterocycles. The van der Waals surface area contributed by atoms with Gasteiger partial charge in [0.2, 0.25) is 0 Å². The molecule has 3 rings (SSSR count). The highest BCUT2D eigenvalue weighted by atomic mass is 32.1. The van der Waals surface area contributed by atoms with Crippen molar-refractivity contribution in [1.29, 1.82) is 0 Å². The summed E-state index contributed by atoms with van der Waals surface area (Å²) in [5.74, 6) is 0.780. The lowest BCUT2D eigenvalue weighted by Crippen LogP contribution is -2.38. The van der Waals surface area contributed by atoms with E-state index in [1.807, 2.05) is 49.4 Å². The SMILES string of the molecule is CCNC(=NCc1nc(-c2ccccc2)cs1)NCCc1cccc(C(=O)N(C)C)c1. The number of nitrogens with zero attached hydrogens (tertiary/aromatic N) is 3. The van der Waals surface area contributed by atoms with Crippen molar-refractivity contribution in [2.75, 3.05) is 27.2 Å². The Kier molecular flexibility index (Phi) is 8.18. The molecule has 0 aliphatic rings.